The molecule has 1 aliphatic heterocycles. The van der Waals surface area contributed by atoms with Crippen LogP contribution in [0.2, 0.25) is 0 Å². The van der Waals surface area contributed by atoms with Crippen LogP contribution in [0.3, 0.4) is 0 Å². The molecule has 1 unspecified atom stereocenters. The Labute approximate surface area is 235 Å². The Hall–Kier alpha value is -2.01. The van der Waals surface area contributed by atoms with Crippen molar-refractivity contribution in [3.05, 3.63) is 0 Å². The molecule has 0 N–H and O–H groups in total. The van der Waals surface area contributed by atoms with Crippen LogP contribution in [-0.2, 0) is 53.7 Å². The Morgan fingerprint density at radius 2 is 0.974 bits per heavy atom. The van der Waals surface area contributed by atoms with Gasteiger partial charge in [0.1, 0.15) is 12.7 Å². The zero-order valence-electron chi connectivity index (χ0n) is 25.8. The third-order valence-corrected chi connectivity index (χ3v) is 7.16. The molecule has 1 heterocycles. The van der Waals surface area contributed by atoms with Crippen molar-refractivity contribution in [1.82, 2.24) is 0 Å². The third kappa shape index (κ3) is 9.84. The van der Waals surface area contributed by atoms with E-state index in [1.165, 1.54) is 0 Å². The minimum Gasteiger partial charge on any atom is -0.462 e. The van der Waals surface area contributed by atoms with Crippen LogP contribution >= 0.6 is 0 Å². The Bertz CT molecular complexity index is 930. The predicted molar refractivity (Wildman–Crippen MR) is 146 cm³/mol. The summed E-state index contributed by atoms with van der Waals surface area (Å²) in [6.45, 7) is 21.1. The number of hydrogen-bond donors (Lipinski definition) is 0. The normalized spacial score (nSPS) is 25.3. The SMILES string of the molecule is CCS(=O)[C@@H]1O[C@H](COC(=O)C(C)(C)C)[C@@H](OC(=O)C(C)(C)C)[C@H](OC(=O)C(C)(C)C)[C@H]1OC(=O)C(C)(C)C. The largest absolute Gasteiger partial charge is 0.462 e. The molecule has 0 saturated carbocycles. The zero-order valence-corrected chi connectivity index (χ0v) is 26.6. The Balaban J connectivity index is 3.73. The summed E-state index contributed by atoms with van der Waals surface area (Å²) in [4.78, 5) is 51.8. The zero-order chi connectivity index (χ0) is 30.7. The number of rotatable bonds is 7. The van der Waals surface area contributed by atoms with Gasteiger partial charge in [0.05, 0.1) is 32.5 Å². The molecule has 0 spiro atoms. The van der Waals surface area contributed by atoms with Gasteiger partial charge in [0.2, 0.25) is 0 Å². The number of carbonyl (C=O) groups is 4. The fourth-order valence-corrected chi connectivity index (χ4v) is 4.17. The molecular formula is C28H48O10S. The molecule has 0 aromatic carbocycles. The number of hydrogen-bond acceptors (Lipinski definition) is 10. The summed E-state index contributed by atoms with van der Waals surface area (Å²) in [6, 6.07) is 0. The van der Waals surface area contributed by atoms with Gasteiger partial charge in [-0.3, -0.25) is 23.4 Å². The molecule has 0 radical (unpaired) electrons. The molecule has 0 bridgehead atoms. The van der Waals surface area contributed by atoms with Crippen molar-refractivity contribution in [3.63, 3.8) is 0 Å². The lowest BCUT2D eigenvalue weighted by Crippen LogP contribution is -2.64. The molecule has 11 heteroatoms. The maximum Gasteiger partial charge on any atom is 0.311 e. The Kier molecular flexibility index (Phi) is 11.4. The first-order valence-corrected chi connectivity index (χ1v) is 14.6. The van der Waals surface area contributed by atoms with E-state index >= 15 is 0 Å². The second kappa shape index (κ2) is 12.7. The first-order valence-electron chi connectivity index (χ1n) is 13.2. The highest BCUT2D eigenvalue weighted by Gasteiger charge is 2.55. The lowest BCUT2D eigenvalue weighted by Gasteiger charge is -2.45. The van der Waals surface area contributed by atoms with Gasteiger partial charge >= 0.3 is 23.9 Å². The predicted octanol–water partition coefficient (Wildman–Crippen LogP) is 3.94. The molecule has 6 atom stereocenters. The lowest BCUT2D eigenvalue weighted by atomic mass is 9.93. The molecule has 1 fully saturated rings. The average molecular weight is 577 g/mol. The van der Waals surface area contributed by atoms with E-state index in [2.05, 4.69) is 0 Å². The summed E-state index contributed by atoms with van der Waals surface area (Å²) in [6.07, 6.45) is -5.25. The van der Waals surface area contributed by atoms with Gasteiger partial charge in [0, 0.05) is 5.75 Å². The molecule has 10 nitrogen and oxygen atoms in total. The summed E-state index contributed by atoms with van der Waals surface area (Å²) >= 11 is 0. The van der Waals surface area contributed by atoms with Crippen LogP contribution in [0.5, 0.6) is 0 Å². The standard InChI is InChI=1S/C28H48O10S/c1-14-39(33)20-19(38-24(32)28(11,12)13)18(37-23(31)27(8,9)10)17(36-22(30)26(5,6)7)16(35-20)15-34-21(29)25(2,3)4/h16-20H,14-15H2,1-13H3/t16-,17-,18+,19-,20+,39?/m1/s1. The van der Waals surface area contributed by atoms with E-state index in [0.29, 0.717) is 0 Å². The Morgan fingerprint density at radius 1 is 0.615 bits per heavy atom. The van der Waals surface area contributed by atoms with Crippen LogP contribution in [0.25, 0.3) is 0 Å². The second-order valence-corrected chi connectivity index (χ2v) is 15.7. The van der Waals surface area contributed by atoms with Crippen LogP contribution in [0.15, 0.2) is 0 Å². The molecule has 0 aromatic rings. The van der Waals surface area contributed by atoms with Crippen molar-refractivity contribution in [2.45, 2.75) is 120 Å². The van der Waals surface area contributed by atoms with E-state index in [9.17, 15) is 23.4 Å². The van der Waals surface area contributed by atoms with Crippen molar-refractivity contribution in [2.24, 2.45) is 21.7 Å². The third-order valence-electron chi connectivity index (χ3n) is 5.69. The van der Waals surface area contributed by atoms with E-state index in [1.54, 1.807) is 90.0 Å². The number of esters is 4. The first-order chi connectivity index (χ1) is 17.4. The molecule has 0 aromatic heterocycles. The van der Waals surface area contributed by atoms with Crippen LogP contribution in [0.1, 0.15) is 90.0 Å². The van der Waals surface area contributed by atoms with Gasteiger partial charge in [-0.25, -0.2) is 0 Å². The van der Waals surface area contributed by atoms with Crippen molar-refractivity contribution >= 4 is 34.7 Å². The van der Waals surface area contributed by atoms with Crippen molar-refractivity contribution in [3.8, 4) is 0 Å². The van der Waals surface area contributed by atoms with Gasteiger partial charge in [0.15, 0.2) is 23.7 Å². The highest BCUT2D eigenvalue weighted by atomic mass is 32.2. The highest BCUT2D eigenvalue weighted by Crippen LogP contribution is 2.35. The molecule has 1 aliphatic rings. The second-order valence-electron chi connectivity index (χ2n) is 13.9. The van der Waals surface area contributed by atoms with E-state index in [4.69, 9.17) is 23.7 Å². The molecular weight excluding hydrogens is 528 g/mol. The smallest absolute Gasteiger partial charge is 0.311 e. The van der Waals surface area contributed by atoms with Gasteiger partial charge in [-0.1, -0.05) is 6.92 Å². The summed E-state index contributed by atoms with van der Waals surface area (Å²) in [7, 11) is -1.71. The maximum absolute atomic E-state index is 13.2. The van der Waals surface area contributed by atoms with Crippen LogP contribution in [-0.4, -0.2) is 70.3 Å². The quantitative estimate of drug-likeness (QED) is 0.324. The average Bonchev–Trinajstić information content (AvgIpc) is 2.76. The molecule has 226 valence electrons. The van der Waals surface area contributed by atoms with Crippen molar-refractivity contribution in [2.75, 3.05) is 12.4 Å². The molecule has 1 saturated heterocycles. The van der Waals surface area contributed by atoms with E-state index < -0.39 is 86.2 Å². The fraction of sp³-hybridized carbons (Fsp3) is 0.857. The van der Waals surface area contributed by atoms with Crippen molar-refractivity contribution < 1.29 is 47.1 Å². The van der Waals surface area contributed by atoms with Crippen molar-refractivity contribution in [1.29, 1.82) is 0 Å². The van der Waals surface area contributed by atoms with Gasteiger partial charge in [-0.15, -0.1) is 0 Å². The van der Waals surface area contributed by atoms with Gasteiger partial charge in [-0.2, -0.15) is 0 Å². The topological polar surface area (TPSA) is 132 Å². The van der Waals surface area contributed by atoms with Crippen LogP contribution in [0, 0.1) is 21.7 Å². The highest BCUT2D eigenvalue weighted by molar-refractivity contribution is 7.85. The van der Waals surface area contributed by atoms with E-state index in [1.807, 2.05) is 0 Å². The molecule has 39 heavy (non-hydrogen) atoms. The molecule has 1 rings (SSSR count). The number of carbonyl (C=O) groups excluding carboxylic acids is 4. The number of ether oxygens (including phenoxy) is 5. The lowest BCUT2D eigenvalue weighted by molar-refractivity contribution is -0.246. The summed E-state index contributed by atoms with van der Waals surface area (Å²) in [5.74, 6) is -2.35. The van der Waals surface area contributed by atoms with Crippen LogP contribution in [0.4, 0.5) is 0 Å². The first kappa shape index (κ1) is 35.0. The van der Waals surface area contributed by atoms with E-state index in [0.717, 1.165) is 0 Å². The summed E-state index contributed by atoms with van der Waals surface area (Å²) in [5, 5.41) is 0. The van der Waals surface area contributed by atoms with Gasteiger partial charge < -0.3 is 23.7 Å². The summed E-state index contributed by atoms with van der Waals surface area (Å²) < 4.78 is 42.4. The monoisotopic (exact) mass is 576 g/mol. The van der Waals surface area contributed by atoms with Gasteiger partial charge in [0.25, 0.3) is 0 Å². The Morgan fingerprint density at radius 3 is 1.33 bits per heavy atom. The molecule has 0 aliphatic carbocycles. The minimum absolute atomic E-state index is 0.134. The van der Waals surface area contributed by atoms with E-state index in [-0.39, 0.29) is 12.4 Å². The van der Waals surface area contributed by atoms with Crippen LogP contribution < -0.4 is 0 Å². The maximum atomic E-state index is 13.2. The summed E-state index contributed by atoms with van der Waals surface area (Å²) in [5.41, 5.74) is -4.95. The molecule has 0 amide bonds. The minimum atomic E-state index is -1.71. The van der Waals surface area contributed by atoms with Gasteiger partial charge in [-0.05, 0) is 83.1 Å². The fourth-order valence-electron chi connectivity index (χ4n) is 3.07.